The van der Waals surface area contributed by atoms with Gasteiger partial charge in [0.1, 0.15) is 0 Å². The summed E-state index contributed by atoms with van der Waals surface area (Å²) in [5.41, 5.74) is 0. The van der Waals surface area contributed by atoms with Crippen LogP contribution < -0.4 is 10.6 Å². The van der Waals surface area contributed by atoms with Gasteiger partial charge < -0.3 is 15.4 Å². The van der Waals surface area contributed by atoms with Crippen molar-refractivity contribution >= 4 is 5.91 Å². The Bertz CT molecular complexity index is 299. The Hall–Kier alpha value is -0.650. The predicted molar refractivity (Wildman–Crippen MR) is 86.4 cm³/mol. The number of likely N-dealkylation sites (N-methyl/N-ethyl adjacent to an activating group) is 1. The predicted octanol–water partition coefficient (Wildman–Crippen LogP) is 1.38. The Labute approximate surface area is 129 Å². The molecule has 1 aliphatic heterocycles. The zero-order valence-electron chi connectivity index (χ0n) is 14.2. The van der Waals surface area contributed by atoms with Crippen molar-refractivity contribution in [1.29, 1.82) is 0 Å². The van der Waals surface area contributed by atoms with E-state index in [0.717, 1.165) is 19.5 Å². The van der Waals surface area contributed by atoms with E-state index >= 15 is 0 Å². The highest BCUT2D eigenvalue weighted by Crippen LogP contribution is 2.22. The second kappa shape index (κ2) is 10.1. The summed E-state index contributed by atoms with van der Waals surface area (Å²) in [6.07, 6.45) is 4.50. The molecular weight excluding hydrogens is 266 g/mol. The van der Waals surface area contributed by atoms with Gasteiger partial charge in [0.15, 0.2) is 0 Å². The van der Waals surface area contributed by atoms with E-state index in [4.69, 9.17) is 4.74 Å². The van der Waals surface area contributed by atoms with Crippen molar-refractivity contribution < 1.29 is 9.53 Å². The van der Waals surface area contributed by atoms with Crippen molar-refractivity contribution in [3.8, 4) is 0 Å². The number of piperidine rings is 1. The summed E-state index contributed by atoms with van der Waals surface area (Å²) < 4.78 is 5.01. The summed E-state index contributed by atoms with van der Waals surface area (Å²) in [5.74, 6) is 0.140. The van der Waals surface area contributed by atoms with Crippen LogP contribution in [0.15, 0.2) is 0 Å². The normalized spacial score (nSPS) is 22.8. The molecule has 1 saturated heterocycles. The summed E-state index contributed by atoms with van der Waals surface area (Å²) >= 11 is 0. The maximum Gasteiger partial charge on any atom is 0.237 e. The molecule has 2 N–H and O–H groups in total. The van der Waals surface area contributed by atoms with Crippen LogP contribution in [-0.2, 0) is 9.53 Å². The Kier molecular flexibility index (Phi) is 8.88. The average molecular weight is 299 g/mol. The minimum atomic E-state index is -0.0565. The number of carbonyl (C=O) groups excluding carboxylic acids is 1. The van der Waals surface area contributed by atoms with Gasteiger partial charge in [-0.1, -0.05) is 13.3 Å². The molecule has 1 rings (SSSR count). The van der Waals surface area contributed by atoms with Crippen LogP contribution in [0.3, 0.4) is 0 Å². The fraction of sp³-hybridized carbons (Fsp3) is 0.938. The van der Waals surface area contributed by atoms with E-state index in [0.29, 0.717) is 25.2 Å². The lowest BCUT2D eigenvalue weighted by Crippen LogP contribution is -2.57. The number of hydrogen-bond donors (Lipinski definition) is 2. The Balaban J connectivity index is 2.51. The number of amides is 1. The molecule has 1 fully saturated rings. The standard InChI is InChI=1S/C16H33N3O2/c1-5-17-13(2)15-9-6-7-11-19(15)14(3)16(20)18-10-8-12-21-4/h13-15,17H,5-12H2,1-4H3,(H,18,20). The molecule has 124 valence electrons. The first kappa shape index (κ1) is 18.4. The molecule has 0 aromatic rings. The van der Waals surface area contributed by atoms with Gasteiger partial charge in [0.2, 0.25) is 5.91 Å². The van der Waals surface area contributed by atoms with Gasteiger partial charge in [-0.05, 0) is 46.2 Å². The summed E-state index contributed by atoms with van der Waals surface area (Å²) in [5, 5.41) is 6.53. The molecule has 0 bridgehead atoms. The fourth-order valence-corrected chi connectivity index (χ4v) is 3.18. The van der Waals surface area contributed by atoms with Crippen LogP contribution in [0.5, 0.6) is 0 Å². The summed E-state index contributed by atoms with van der Waals surface area (Å²) in [6.45, 7) is 9.78. The number of rotatable bonds is 9. The zero-order valence-corrected chi connectivity index (χ0v) is 14.2. The number of nitrogens with zero attached hydrogens (tertiary/aromatic N) is 1. The highest BCUT2D eigenvalue weighted by Gasteiger charge is 2.32. The van der Waals surface area contributed by atoms with Gasteiger partial charge in [-0.2, -0.15) is 0 Å². The van der Waals surface area contributed by atoms with Crippen LogP contribution in [0.25, 0.3) is 0 Å². The molecule has 0 aliphatic carbocycles. The van der Waals surface area contributed by atoms with Gasteiger partial charge in [0, 0.05) is 32.3 Å². The summed E-state index contributed by atoms with van der Waals surface area (Å²) in [4.78, 5) is 14.7. The third-order valence-electron chi connectivity index (χ3n) is 4.40. The van der Waals surface area contributed by atoms with Crippen molar-refractivity contribution in [2.45, 2.75) is 64.6 Å². The smallest absolute Gasteiger partial charge is 0.237 e. The average Bonchev–Trinajstić information content (AvgIpc) is 2.51. The van der Waals surface area contributed by atoms with Crippen LogP contribution in [0.4, 0.5) is 0 Å². The number of methoxy groups -OCH3 is 1. The van der Waals surface area contributed by atoms with E-state index in [-0.39, 0.29) is 11.9 Å². The van der Waals surface area contributed by atoms with Crippen molar-refractivity contribution in [2.24, 2.45) is 0 Å². The second-order valence-corrected chi connectivity index (χ2v) is 5.96. The molecule has 21 heavy (non-hydrogen) atoms. The van der Waals surface area contributed by atoms with E-state index in [9.17, 15) is 4.79 Å². The van der Waals surface area contributed by atoms with Crippen LogP contribution in [-0.4, -0.2) is 62.3 Å². The van der Waals surface area contributed by atoms with Gasteiger partial charge >= 0.3 is 0 Å². The van der Waals surface area contributed by atoms with Crippen molar-refractivity contribution in [3.05, 3.63) is 0 Å². The quantitative estimate of drug-likeness (QED) is 0.632. The number of hydrogen-bond acceptors (Lipinski definition) is 4. The first-order valence-corrected chi connectivity index (χ1v) is 8.37. The third-order valence-corrected chi connectivity index (χ3v) is 4.40. The monoisotopic (exact) mass is 299 g/mol. The van der Waals surface area contributed by atoms with Crippen LogP contribution in [0.2, 0.25) is 0 Å². The maximum atomic E-state index is 12.3. The van der Waals surface area contributed by atoms with Gasteiger partial charge in [-0.3, -0.25) is 9.69 Å². The molecule has 1 aliphatic rings. The molecule has 0 aromatic heterocycles. The van der Waals surface area contributed by atoms with Crippen LogP contribution in [0.1, 0.15) is 46.5 Å². The van der Waals surface area contributed by atoms with Gasteiger partial charge in [0.25, 0.3) is 0 Å². The van der Waals surface area contributed by atoms with Gasteiger partial charge in [0.05, 0.1) is 6.04 Å². The minimum absolute atomic E-state index is 0.0565. The van der Waals surface area contributed by atoms with Crippen LogP contribution in [0, 0.1) is 0 Å². The van der Waals surface area contributed by atoms with E-state index in [1.165, 1.54) is 19.3 Å². The molecule has 0 spiro atoms. The number of nitrogens with one attached hydrogen (secondary N) is 2. The van der Waals surface area contributed by atoms with E-state index in [1.54, 1.807) is 7.11 Å². The summed E-state index contributed by atoms with van der Waals surface area (Å²) in [6, 6.07) is 0.830. The number of carbonyl (C=O) groups is 1. The minimum Gasteiger partial charge on any atom is -0.385 e. The number of ether oxygens (including phenoxy) is 1. The van der Waals surface area contributed by atoms with Crippen molar-refractivity contribution in [3.63, 3.8) is 0 Å². The Morgan fingerprint density at radius 1 is 1.38 bits per heavy atom. The largest absolute Gasteiger partial charge is 0.385 e. The first-order chi connectivity index (χ1) is 10.1. The van der Waals surface area contributed by atoms with Crippen molar-refractivity contribution in [1.82, 2.24) is 15.5 Å². The SMILES string of the molecule is CCNC(C)C1CCCCN1C(C)C(=O)NCCCOC. The number of likely N-dealkylation sites (tertiary alicyclic amines) is 1. The summed E-state index contributed by atoms with van der Waals surface area (Å²) in [7, 11) is 1.69. The Morgan fingerprint density at radius 3 is 2.81 bits per heavy atom. The molecule has 3 unspecified atom stereocenters. The topological polar surface area (TPSA) is 53.6 Å². The first-order valence-electron chi connectivity index (χ1n) is 8.37. The lowest BCUT2D eigenvalue weighted by atomic mass is 9.94. The van der Waals surface area contributed by atoms with Crippen molar-refractivity contribution in [2.75, 3.05) is 33.4 Å². The van der Waals surface area contributed by atoms with Crippen LogP contribution >= 0.6 is 0 Å². The van der Waals surface area contributed by atoms with E-state index in [1.807, 2.05) is 6.92 Å². The second-order valence-electron chi connectivity index (χ2n) is 5.96. The molecule has 0 radical (unpaired) electrons. The molecule has 5 nitrogen and oxygen atoms in total. The molecule has 1 amide bonds. The lowest BCUT2D eigenvalue weighted by molar-refractivity contribution is -0.127. The third kappa shape index (κ3) is 5.93. The Morgan fingerprint density at radius 2 is 2.14 bits per heavy atom. The fourth-order valence-electron chi connectivity index (χ4n) is 3.18. The van der Waals surface area contributed by atoms with E-state index in [2.05, 4.69) is 29.4 Å². The lowest BCUT2D eigenvalue weighted by Gasteiger charge is -2.42. The highest BCUT2D eigenvalue weighted by molar-refractivity contribution is 5.81. The van der Waals surface area contributed by atoms with Gasteiger partial charge in [-0.25, -0.2) is 0 Å². The molecular formula is C16H33N3O2. The molecule has 0 aromatic carbocycles. The molecule has 3 atom stereocenters. The molecule has 5 heteroatoms. The molecule has 1 heterocycles. The highest BCUT2D eigenvalue weighted by atomic mass is 16.5. The van der Waals surface area contributed by atoms with E-state index < -0.39 is 0 Å². The zero-order chi connectivity index (χ0) is 15.7. The molecule has 0 saturated carbocycles. The van der Waals surface area contributed by atoms with Gasteiger partial charge in [-0.15, -0.1) is 0 Å². The maximum absolute atomic E-state index is 12.3.